The number of hydrogen-bond acceptors (Lipinski definition) is 8. The Bertz CT molecular complexity index is 1330. The van der Waals surface area contributed by atoms with Crippen LogP contribution in [-0.4, -0.2) is 69.7 Å². The lowest BCUT2D eigenvalue weighted by molar-refractivity contribution is -0.0453. The maximum atomic E-state index is 13.9. The van der Waals surface area contributed by atoms with Crippen LogP contribution in [0.2, 0.25) is 5.02 Å². The Labute approximate surface area is 219 Å². The van der Waals surface area contributed by atoms with Crippen LogP contribution in [0.15, 0.2) is 52.7 Å². The molecule has 0 unspecified atom stereocenters. The zero-order valence-electron chi connectivity index (χ0n) is 19.7. The molecule has 2 aliphatic rings. The van der Waals surface area contributed by atoms with Gasteiger partial charge in [-0.05, 0) is 18.2 Å². The highest BCUT2D eigenvalue weighted by molar-refractivity contribution is 7.11. The number of hydrogen-bond donors (Lipinski definition) is 1. The van der Waals surface area contributed by atoms with Gasteiger partial charge in [0, 0.05) is 53.2 Å². The number of thiazole rings is 1. The number of alkyl halides is 2. The van der Waals surface area contributed by atoms with Gasteiger partial charge in [-0.15, -0.1) is 11.3 Å². The first-order chi connectivity index (χ1) is 17.8. The zero-order valence-corrected chi connectivity index (χ0v) is 21.2. The van der Waals surface area contributed by atoms with Crippen molar-refractivity contribution in [2.45, 2.75) is 24.6 Å². The van der Waals surface area contributed by atoms with E-state index in [4.69, 9.17) is 26.1 Å². The molecule has 1 fully saturated rings. The molecule has 2 aliphatic heterocycles. The molecule has 37 heavy (non-hydrogen) atoms. The summed E-state index contributed by atoms with van der Waals surface area (Å²) in [5, 5.41) is 18.1. The fourth-order valence-corrected chi connectivity index (χ4v) is 5.45. The molecule has 13 heteroatoms. The number of fused-ring (bicyclic) bond motifs is 1. The molecule has 1 N–H and O–H groups in total. The third-order valence-corrected chi connectivity index (χ3v) is 7.23. The summed E-state index contributed by atoms with van der Waals surface area (Å²) in [7, 11) is 1.56. The van der Waals surface area contributed by atoms with Gasteiger partial charge in [0.15, 0.2) is 10.8 Å². The molecule has 0 amide bonds. The molecule has 0 aliphatic carbocycles. The largest absolute Gasteiger partial charge is 0.385 e. The van der Waals surface area contributed by atoms with Gasteiger partial charge in [0.1, 0.15) is 17.5 Å². The van der Waals surface area contributed by atoms with Crippen LogP contribution >= 0.6 is 22.9 Å². The van der Waals surface area contributed by atoms with E-state index < -0.39 is 24.0 Å². The molecule has 4 heterocycles. The first kappa shape index (κ1) is 25.9. The molecule has 0 saturated carbocycles. The number of ether oxygens (including phenoxy) is 2. The van der Waals surface area contributed by atoms with Gasteiger partial charge in [-0.1, -0.05) is 17.7 Å². The van der Waals surface area contributed by atoms with E-state index in [-0.39, 0.29) is 30.3 Å². The third kappa shape index (κ3) is 5.16. The predicted octanol–water partition coefficient (Wildman–Crippen LogP) is 4.54. The fraction of sp³-hybridized carbons (Fsp3) is 0.375. The Morgan fingerprint density at radius 1 is 1.30 bits per heavy atom. The van der Waals surface area contributed by atoms with Gasteiger partial charge in [-0.2, -0.15) is 13.9 Å². The van der Waals surface area contributed by atoms with E-state index >= 15 is 0 Å². The molecule has 0 spiro atoms. The molecular formula is C24H23ClF3N5O3S. The first-order valence-electron chi connectivity index (χ1n) is 11.4. The van der Waals surface area contributed by atoms with Crippen molar-refractivity contribution in [2.24, 2.45) is 4.99 Å². The van der Waals surface area contributed by atoms with Crippen LogP contribution in [0, 0.1) is 5.82 Å². The Morgan fingerprint density at radius 2 is 2.14 bits per heavy atom. The molecule has 2 aromatic heterocycles. The molecule has 0 radical (unpaired) electrons. The molecule has 3 aromatic rings. The van der Waals surface area contributed by atoms with Gasteiger partial charge >= 0.3 is 6.55 Å². The summed E-state index contributed by atoms with van der Waals surface area (Å²) in [5.41, 5.74) is 0.526. The van der Waals surface area contributed by atoms with Gasteiger partial charge in [-0.25, -0.2) is 14.1 Å². The zero-order chi connectivity index (χ0) is 26.2. The Kier molecular flexibility index (Phi) is 7.37. The minimum atomic E-state index is -2.84. The highest BCUT2D eigenvalue weighted by Gasteiger charge is 2.47. The Morgan fingerprint density at radius 3 is 2.81 bits per heavy atom. The van der Waals surface area contributed by atoms with E-state index in [1.54, 1.807) is 18.7 Å². The van der Waals surface area contributed by atoms with Crippen molar-refractivity contribution < 1.29 is 27.8 Å². The van der Waals surface area contributed by atoms with E-state index in [2.05, 4.69) is 10.1 Å². The number of methoxy groups -OCH3 is 1. The van der Waals surface area contributed by atoms with Crippen molar-refractivity contribution in [3.8, 4) is 0 Å². The minimum Gasteiger partial charge on any atom is -0.385 e. The van der Waals surface area contributed by atoms with Crippen molar-refractivity contribution >= 4 is 34.3 Å². The summed E-state index contributed by atoms with van der Waals surface area (Å²) in [6.45, 7) is -2.02. The fourth-order valence-electron chi connectivity index (χ4n) is 4.54. The SMILES string of the molecule is COCCOC[C@@]1(O)CC2=C(c3ccn(C(F)F)n3)[C@H](c3ccc(F)cc3Cl)N=C(c3nccs3)N2C1. The number of aromatic nitrogens is 3. The van der Waals surface area contributed by atoms with Crippen LogP contribution in [-0.2, 0) is 9.47 Å². The number of amidine groups is 1. The average Bonchev–Trinajstić information content (AvgIpc) is 3.61. The highest BCUT2D eigenvalue weighted by Crippen LogP contribution is 2.48. The van der Waals surface area contributed by atoms with Crippen LogP contribution < -0.4 is 0 Å². The lowest BCUT2D eigenvalue weighted by atomic mass is 9.91. The number of aliphatic imine (C=N–C) groups is 1. The second-order valence-electron chi connectivity index (χ2n) is 8.71. The van der Waals surface area contributed by atoms with Crippen molar-refractivity contribution in [2.75, 3.05) is 33.5 Å². The topological polar surface area (TPSA) is 85.0 Å². The van der Waals surface area contributed by atoms with Gasteiger partial charge in [0.2, 0.25) is 0 Å². The molecule has 2 atom stereocenters. The average molecular weight is 554 g/mol. The van der Waals surface area contributed by atoms with E-state index in [9.17, 15) is 18.3 Å². The van der Waals surface area contributed by atoms with Crippen LogP contribution in [0.4, 0.5) is 13.2 Å². The lowest BCUT2D eigenvalue weighted by Gasteiger charge is -2.32. The first-order valence-corrected chi connectivity index (χ1v) is 12.6. The van der Waals surface area contributed by atoms with Crippen molar-refractivity contribution in [1.82, 2.24) is 19.7 Å². The maximum Gasteiger partial charge on any atom is 0.333 e. The molecule has 5 rings (SSSR count). The van der Waals surface area contributed by atoms with Gasteiger partial charge in [-0.3, -0.25) is 4.99 Å². The van der Waals surface area contributed by atoms with E-state index in [0.29, 0.717) is 45.6 Å². The van der Waals surface area contributed by atoms with E-state index in [0.717, 1.165) is 0 Å². The molecule has 1 saturated heterocycles. The number of rotatable bonds is 9. The van der Waals surface area contributed by atoms with Crippen LogP contribution in [0.3, 0.4) is 0 Å². The maximum absolute atomic E-state index is 13.9. The van der Waals surface area contributed by atoms with E-state index in [1.165, 1.54) is 41.8 Å². The van der Waals surface area contributed by atoms with Crippen LogP contribution in [0.5, 0.6) is 0 Å². The summed E-state index contributed by atoms with van der Waals surface area (Å²) >= 11 is 7.82. The summed E-state index contributed by atoms with van der Waals surface area (Å²) in [6.07, 6.45) is 2.95. The van der Waals surface area contributed by atoms with Crippen LogP contribution in [0.25, 0.3) is 5.57 Å². The van der Waals surface area contributed by atoms with Crippen molar-refractivity contribution in [1.29, 1.82) is 0 Å². The second-order valence-corrected chi connectivity index (χ2v) is 10.0. The smallest absolute Gasteiger partial charge is 0.333 e. The predicted molar refractivity (Wildman–Crippen MR) is 132 cm³/mol. The number of nitrogens with zero attached hydrogens (tertiary/aromatic N) is 5. The molecule has 196 valence electrons. The summed E-state index contributed by atoms with van der Waals surface area (Å²) in [4.78, 5) is 11.2. The van der Waals surface area contributed by atoms with E-state index in [1.807, 2.05) is 4.90 Å². The summed E-state index contributed by atoms with van der Waals surface area (Å²) in [6, 6.07) is 4.61. The number of benzene rings is 1. The highest BCUT2D eigenvalue weighted by atomic mass is 35.5. The number of halogens is 4. The Hall–Kier alpha value is -2.77. The number of aliphatic hydroxyl groups is 1. The third-order valence-electron chi connectivity index (χ3n) is 6.13. The van der Waals surface area contributed by atoms with Gasteiger partial charge in [0.05, 0.1) is 32.1 Å². The normalized spacial score (nSPS) is 21.6. The van der Waals surface area contributed by atoms with Gasteiger partial charge < -0.3 is 19.5 Å². The lowest BCUT2D eigenvalue weighted by Crippen LogP contribution is -2.40. The summed E-state index contributed by atoms with van der Waals surface area (Å²) < 4.78 is 52.0. The minimum absolute atomic E-state index is 0.0161. The second kappa shape index (κ2) is 10.5. The van der Waals surface area contributed by atoms with Crippen molar-refractivity contribution in [3.63, 3.8) is 0 Å². The summed E-state index contributed by atoms with van der Waals surface area (Å²) in [5.74, 6) is -0.0322. The van der Waals surface area contributed by atoms with Crippen molar-refractivity contribution in [3.05, 3.63) is 74.8 Å². The quantitative estimate of drug-likeness (QED) is 0.392. The molecular weight excluding hydrogens is 531 g/mol. The standard InChI is InChI=1S/C24H23ClF3N5O3S/c1-35-7-8-36-13-24(34)11-18-19(17-4-6-33(31-17)23(27)28)20(15-3-2-14(26)10-16(15)25)30-21(32(18)12-24)22-29-5-9-37-22/h2-6,9-10,20,23,34H,7-8,11-13H2,1H3/t20-,24+/m0/s1. The molecule has 1 aromatic carbocycles. The monoisotopic (exact) mass is 553 g/mol. The molecule has 8 nitrogen and oxygen atoms in total. The van der Waals surface area contributed by atoms with Crippen LogP contribution in [0.1, 0.15) is 35.3 Å². The van der Waals surface area contributed by atoms with Gasteiger partial charge in [0.25, 0.3) is 0 Å². The Balaban J connectivity index is 1.66. The molecule has 0 bridgehead atoms.